The summed E-state index contributed by atoms with van der Waals surface area (Å²) in [5.41, 5.74) is 5.48. The van der Waals surface area contributed by atoms with Crippen molar-refractivity contribution in [3.63, 3.8) is 0 Å². The number of aliphatic carboxylic acids is 1. The van der Waals surface area contributed by atoms with Crippen LogP contribution in [0.15, 0.2) is 42.5 Å². The number of hydrogen-bond donors (Lipinski definition) is 2. The van der Waals surface area contributed by atoms with E-state index in [4.69, 9.17) is 9.72 Å². The molecule has 40 heavy (non-hydrogen) atoms. The lowest BCUT2D eigenvalue weighted by molar-refractivity contribution is -0.143. The van der Waals surface area contributed by atoms with E-state index >= 15 is 0 Å². The number of anilines is 1. The molecule has 2 N–H and O–H groups in total. The van der Waals surface area contributed by atoms with Gasteiger partial charge in [-0.1, -0.05) is 23.4 Å². The Hall–Kier alpha value is -4.85. The van der Waals surface area contributed by atoms with E-state index in [0.717, 1.165) is 29.8 Å². The molecule has 0 spiro atoms. The minimum atomic E-state index is -0.762. The average Bonchev–Trinajstić information content (AvgIpc) is 3.32. The predicted octanol–water partition coefficient (Wildman–Crippen LogP) is 4.46. The number of nitriles is 1. The Labute approximate surface area is 231 Å². The highest BCUT2D eigenvalue weighted by Crippen LogP contribution is 2.31. The lowest BCUT2D eigenvalue weighted by Gasteiger charge is -2.27. The van der Waals surface area contributed by atoms with Crippen LogP contribution in [0, 0.1) is 31.1 Å². The number of benzene rings is 1. The molecule has 1 fully saturated rings. The van der Waals surface area contributed by atoms with Crippen LogP contribution in [-0.2, 0) is 18.4 Å². The van der Waals surface area contributed by atoms with Gasteiger partial charge in [0.05, 0.1) is 53.0 Å². The third-order valence-electron chi connectivity index (χ3n) is 7.08. The lowest BCUT2D eigenvalue weighted by atomic mass is 9.87. The van der Waals surface area contributed by atoms with Gasteiger partial charge < -0.3 is 15.2 Å². The summed E-state index contributed by atoms with van der Waals surface area (Å²) in [7, 11) is 1.81. The first-order chi connectivity index (χ1) is 19.3. The summed E-state index contributed by atoms with van der Waals surface area (Å²) in [5.74, 6) is -0.0614. The number of nitrogens with one attached hydrogen (secondary N) is 1. The van der Waals surface area contributed by atoms with Crippen LogP contribution < -0.4 is 10.1 Å². The van der Waals surface area contributed by atoms with Crippen LogP contribution in [0.25, 0.3) is 22.6 Å². The Morgan fingerprint density at radius 2 is 1.98 bits per heavy atom. The molecule has 0 unspecified atom stereocenters. The molecule has 2 atom stereocenters. The Morgan fingerprint density at radius 3 is 2.75 bits per heavy atom. The van der Waals surface area contributed by atoms with E-state index in [9.17, 15) is 15.2 Å². The fourth-order valence-corrected chi connectivity index (χ4v) is 4.99. The van der Waals surface area contributed by atoms with E-state index in [1.165, 1.54) is 0 Å². The van der Waals surface area contributed by atoms with Crippen molar-refractivity contribution in [2.75, 3.05) is 5.32 Å². The normalized spacial score (nSPS) is 16.8. The van der Waals surface area contributed by atoms with Gasteiger partial charge in [0.25, 0.3) is 0 Å². The largest absolute Gasteiger partial charge is 0.489 e. The highest BCUT2D eigenvalue weighted by molar-refractivity contribution is 5.70. The van der Waals surface area contributed by atoms with Crippen LogP contribution in [0.1, 0.15) is 48.3 Å². The molecule has 0 bridgehead atoms. The van der Waals surface area contributed by atoms with Gasteiger partial charge >= 0.3 is 5.97 Å². The molecular formula is C29H30N8O3. The van der Waals surface area contributed by atoms with Gasteiger partial charge in [-0.3, -0.25) is 4.79 Å². The van der Waals surface area contributed by atoms with Crippen LogP contribution in [0.3, 0.4) is 0 Å². The first-order valence-electron chi connectivity index (χ1n) is 13.2. The number of carboxylic acid groups (broad SMARTS) is 1. The standard InChI is InChI=1S/C29H30N8O3/c1-17-13-24(22-10-5-4-7-20(22)15-30)34-29(32-17)31-16-25-27(35-36-37(25)3)23-11-12-26(18(2)33-23)40-21-9-6-8-19(14-21)28(38)39/h4-5,7,10-13,19,21H,6,8-9,14,16H2,1-3H3,(H,38,39)(H,31,32,34)/t19-,21-/m0/s1. The number of hydrogen-bond acceptors (Lipinski definition) is 9. The summed E-state index contributed by atoms with van der Waals surface area (Å²) < 4.78 is 7.84. The number of rotatable bonds is 8. The van der Waals surface area contributed by atoms with Gasteiger partial charge in [0.1, 0.15) is 11.4 Å². The Kier molecular flexibility index (Phi) is 7.68. The highest BCUT2D eigenvalue weighted by Gasteiger charge is 2.28. The highest BCUT2D eigenvalue weighted by atomic mass is 16.5. The van der Waals surface area contributed by atoms with Crippen molar-refractivity contribution in [3.05, 3.63) is 65.1 Å². The number of aromatic nitrogens is 6. The van der Waals surface area contributed by atoms with Gasteiger partial charge in [-0.05, 0) is 63.8 Å². The first-order valence-corrected chi connectivity index (χ1v) is 13.2. The first kappa shape index (κ1) is 26.7. The number of aryl methyl sites for hydroxylation is 3. The van der Waals surface area contributed by atoms with Crippen LogP contribution in [0.2, 0.25) is 0 Å². The van der Waals surface area contributed by atoms with E-state index in [0.29, 0.717) is 59.4 Å². The predicted molar refractivity (Wildman–Crippen MR) is 147 cm³/mol. The summed E-state index contributed by atoms with van der Waals surface area (Å²) in [6.07, 6.45) is 2.71. The quantitative estimate of drug-likeness (QED) is 0.329. The fraction of sp³-hybridized carbons (Fsp3) is 0.345. The topological polar surface area (TPSA) is 152 Å². The third kappa shape index (κ3) is 5.76. The minimum absolute atomic E-state index is 0.142. The van der Waals surface area contributed by atoms with Crippen molar-refractivity contribution in [3.8, 4) is 34.5 Å². The van der Waals surface area contributed by atoms with E-state index in [1.807, 2.05) is 57.3 Å². The summed E-state index contributed by atoms with van der Waals surface area (Å²) >= 11 is 0. The number of nitrogens with zero attached hydrogens (tertiary/aromatic N) is 7. The molecular weight excluding hydrogens is 508 g/mol. The number of ether oxygens (including phenoxy) is 1. The van der Waals surface area contributed by atoms with Gasteiger partial charge in [0.2, 0.25) is 5.95 Å². The molecule has 204 valence electrons. The Morgan fingerprint density at radius 1 is 1.15 bits per heavy atom. The monoisotopic (exact) mass is 538 g/mol. The fourth-order valence-electron chi connectivity index (χ4n) is 4.99. The van der Waals surface area contributed by atoms with Gasteiger partial charge in [0.15, 0.2) is 0 Å². The van der Waals surface area contributed by atoms with Gasteiger partial charge in [-0.2, -0.15) is 5.26 Å². The molecule has 11 heteroatoms. The zero-order chi connectivity index (χ0) is 28.2. The Balaban J connectivity index is 1.33. The van der Waals surface area contributed by atoms with E-state index in [1.54, 1.807) is 10.7 Å². The zero-order valence-corrected chi connectivity index (χ0v) is 22.6. The number of carbonyl (C=O) groups is 1. The molecule has 0 amide bonds. The molecule has 11 nitrogen and oxygen atoms in total. The summed E-state index contributed by atoms with van der Waals surface area (Å²) in [4.78, 5) is 25.3. The van der Waals surface area contributed by atoms with Gasteiger partial charge in [-0.15, -0.1) is 5.10 Å². The molecule has 3 aromatic heterocycles. The third-order valence-corrected chi connectivity index (χ3v) is 7.08. The molecule has 0 aliphatic heterocycles. The van der Waals surface area contributed by atoms with Crippen LogP contribution >= 0.6 is 0 Å². The van der Waals surface area contributed by atoms with Crippen molar-refractivity contribution < 1.29 is 14.6 Å². The molecule has 5 rings (SSSR count). The van der Waals surface area contributed by atoms with E-state index in [2.05, 4.69) is 31.7 Å². The second-order valence-electron chi connectivity index (χ2n) is 9.96. The van der Waals surface area contributed by atoms with E-state index in [-0.39, 0.29) is 12.0 Å². The maximum Gasteiger partial charge on any atom is 0.306 e. The van der Waals surface area contributed by atoms with Gasteiger partial charge in [-0.25, -0.2) is 19.6 Å². The van der Waals surface area contributed by atoms with Crippen molar-refractivity contribution in [1.82, 2.24) is 29.9 Å². The molecule has 1 aliphatic rings. The molecule has 0 saturated heterocycles. The summed E-state index contributed by atoms with van der Waals surface area (Å²) in [6, 6.07) is 15.1. The average molecular weight is 539 g/mol. The molecule has 1 aromatic carbocycles. The minimum Gasteiger partial charge on any atom is -0.489 e. The second-order valence-corrected chi connectivity index (χ2v) is 9.96. The van der Waals surface area contributed by atoms with Crippen LogP contribution in [-0.4, -0.2) is 47.1 Å². The maximum atomic E-state index is 11.4. The van der Waals surface area contributed by atoms with Crippen molar-refractivity contribution in [2.24, 2.45) is 13.0 Å². The zero-order valence-electron chi connectivity index (χ0n) is 22.6. The molecule has 3 heterocycles. The number of carboxylic acids is 1. The van der Waals surface area contributed by atoms with Crippen LogP contribution in [0.4, 0.5) is 5.95 Å². The molecule has 0 radical (unpaired) electrons. The summed E-state index contributed by atoms with van der Waals surface area (Å²) in [6.45, 7) is 4.10. The van der Waals surface area contributed by atoms with Crippen molar-refractivity contribution >= 4 is 11.9 Å². The maximum absolute atomic E-state index is 11.4. The smallest absolute Gasteiger partial charge is 0.306 e. The second kappa shape index (κ2) is 11.5. The SMILES string of the molecule is Cc1cc(-c2ccccc2C#N)nc(NCc2c(-c3ccc(O[C@H]4CCC[C@H](C(=O)O)C4)c(C)n3)nnn2C)n1. The van der Waals surface area contributed by atoms with Crippen molar-refractivity contribution in [2.45, 2.75) is 52.2 Å². The molecule has 1 saturated carbocycles. The molecule has 4 aromatic rings. The Bertz CT molecular complexity index is 1590. The molecule has 1 aliphatic carbocycles. The van der Waals surface area contributed by atoms with Crippen molar-refractivity contribution in [1.29, 1.82) is 5.26 Å². The van der Waals surface area contributed by atoms with Gasteiger partial charge in [0, 0.05) is 18.3 Å². The van der Waals surface area contributed by atoms with E-state index < -0.39 is 5.97 Å². The summed E-state index contributed by atoms with van der Waals surface area (Å²) in [5, 5.41) is 30.7. The number of pyridine rings is 1. The lowest BCUT2D eigenvalue weighted by Crippen LogP contribution is -2.29. The van der Waals surface area contributed by atoms with Crippen LogP contribution in [0.5, 0.6) is 5.75 Å².